The number of nitrogens with one attached hydrogen (secondary N) is 2. The van der Waals surface area contributed by atoms with Crippen LogP contribution in [-0.2, 0) is 41.4 Å². The summed E-state index contributed by atoms with van der Waals surface area (Å²) in [5.41, 5.74) is 2.26. The van der Waals surface area contributed by atoms with Crippen LogP contribution in [0, 0.1) is 0 Å². The molecule has 9 rings (SSSR count). The number of carbonyl (C=O) groups excluding carboxylic acids is 4. The Labute approximate surface area is 540 Å². The lowest BCUT2D eigenvalue weighted by Gasteiger charge is -2.23. The lowest BCUT2D eigenvalue weighted by molar-refractivity contribution is -0.147. The fourth-order valence-electron chi connectivity index (χ4n) is 9.47. The summed E-state index contributed by atoms with van der Waals surface area (Å²) < 4.78 is 36.2. The van der Waals surface area contributed by atoms with E-state index < -0.39 is 47.4 Å². The van der Waals surface area contributed by atoms with Gasteiger partial charge < -0.3 is 39.1 Å². The summed E-state index contributed by atoms with van der Waals surface area (Å²) in [6.07, 6.45) is 5.43. The zero-order valence-electron chi connectivity index (χ0n) is 50.6. The number of alkyl carbamates (subject to hydrolysis) is 2. The first-order valence-corrected chi connectivity index (χ1v) is 34.8. The number of unbranched alkanes of at least 4 members (excludes halogenated alkanes) is 6. The predicted molar refractivity (Wildman–Crippen MR) is 363 cm³/mol. The molecule has 0 aliphatic heterocycles. The fraction of sp³-hybridized carbons (Fsp3) is 0.343. The number of hydrogen-bond acceptors (Lipinski definition) is 16. The maximum Gasteiger partial charge on any atom is 0.408 e. The Bertz CT molecular complexity index is 3390. The largest absolute Gasteiger partial charge is 0.493 e. The van der Waals surface area contributed by atoms with Crippen LogP contribution in [0.15, 0.2) is 156 Å². The molecule has 0 radical (unpaired) electrons. The Kier molecular flexibility index (Phi) is 23.7. The summed E-state index contributed by atoms with van der Waals surface area (Å²) in [5, 5.41) is 9.68. The average Bonchev–Trinajstić information content (AvgIpc) is 2.77. The molecule has 0 aliphatic rings. The molecule has 2 amide bonds. The summed E-state index contributed by atoms with van der Waals surface area (Å²) >= 11 is 10.5. The van der Waals surface area contributed by atoms with Crippen LogP contribution in [0.5, 0.6) is 11.5 Å². The molecule has 462 valence electrons. The van der Waals surface area contributed by atoms with E-state index in [1.807, 2.05) is 60.7 Å². The van der Waals surface area contributed by atoms with Crippen molar-refractivity contribution in [2.75, 3.05) is 26.4 Å². The van der Waals surface area contributed by atoms with Gasteiger partial charge in [0, 0.05) is 72.7 Å². The number of amides is 2. The summed E-state index contributed by atoms with van der Waals surface area (Å²) in [5.74, 6) is 0.538. The lowest BCUT2D eigenvalue weighted by atomic mass is 10.1. The smallest absolute Gasteiger partial charge is 0.408 e. The topological polar surface area (TPSA) is 148 Å². The molecule has 2 N–H and O–H groups in total. The molecule has 6 aromatic heterocycles. The normalized spacial score (nSPS) is 12.2. The Morgan fingerprint density at radius 2 is 0.716 bits per heavy atom. The molecule has 18 heteroatoms. The van der Waals surface area contributed by atoms with Crippen LogP contribution in [0.25, 0.3) is 59.9 Å². The molecule has 0 fully saturated rings. The van der Waals surface area contributed by atoms with Gasteiger partial charge >= 0.3 is 24.1 Å². The van der Waals surface area contributed by atoms with E-state index in [9.17, 15) is 19.2 Å². The molecule has 6 heterocycles. The van der Waals surface area contributed by atoms with E-state index in [4.69, 9.17) is 28.4 Å². The molecule has 0 unspecified atom stereocenters. The van der Waals surface area contributed by atoms with Gasteiger partial charge in [-0.2, -0.15) is 0 Å². The summed E-state index contributed by atoms with van der Waals surface area (Å²) in [6.45, 7) is 12.1. The van der Waals surface area contributed by atoms with Crippen molar-refractivity contribution in [2.24, 2.45) is 0 Å². The molecule has 0 spiro atoms. The number of carbonyl (C=O) groups is 4. The van der Waals surface area contributed by atoms with E-state index in [1.54, 1.807) is 110 Å². The van der Waals surface area contributed by atoms with Gasteiger partial charge in [-0.1, -0.05) is 72.8 Å². The van der Waals surface area contributed by atoms with Gasteiger partial charge in [-0.05, 0) is 188 Å². The highest BCUT2D eigenvalue weighted by atomic mass is 32.1. The van der Waals surface area contributed by atoms with Gasteiger partial charge in [0.2, 0.25) is 0 Å². The van der Waals surface area contributed by atoms with Crippen LogP contribution in [-0.4, -0.2) is 73.8 Å². The summed E-state index contributed by atoms with van der Waals surface area (Å²) in [4.78, 5) is 64.2. The van der Waals surface area contributed by atoms with Gasteiger partial charge in [0.25, 0.3) is 0 Å². The van der Waals surface area contributed by atoms with Crippen LogP contribution >= 0.6 is 68.0 Å². The maximum atomic E-state index is 13.4. The van der Waals surface area contributed by atoms with E-state index in [0.29, 0.717) is 26.1 Å². The number of benzene rings is 3. The Morgan fingerprint density at radius 3 is 1.06 bits per heavy atom. The quantitative estimate of drug-likeness (QED) is 0.0253. The molecule has 0 bridgehead atoms. The predicted octanol–water partition coefficient (Wildman–Crippen LogP) is 19.3. The van der Waals surface area contributed by atoms with Crippen molar-refractivity contribution < 1.29 is 47.6 Å². The van der Waals surface area contributed by atoms with Crippen molar-refractivity contribution in [1.82, 2.24) is 10.6 Å². The van der Waals surface area contributed by atoms with Gasteiger partial charge in [0.05, 0.1) is 26.4 Å². The van der Waals surface area contributed by atoms with Crippen LogP contribution in [0.3, 0.4) is 0 Å². The number of esters is 2. The second-order valence-corrected chi connectivity index (χ2v) is 29.3. The van der Waals surface area contributed by atoms with Gasteiger partial charge in [0.1, 0.15) is 34.8 Å². The molecular formula is C70H76N2O10S6. The zero-order chi connectivity index (χ0) is 61.9. The number of rotatable bonds is 30. The molecule has 0 saturated heterocycles. The van der Waals surface area contributed by atoms with Gasteiger partial charge in [-0.3, -0.25) is 0 Å². The first-order chi connectivity index (χ1) is 42.5. The molecule has 3 aromatic carbocycles. The van der Waals surface area contributed by atoms with Crippen molar-refractivity contribution in [2.45, 2.75) is 129 Å². The number of hydrogen-bond donors (Lipinski definition) is 2. The molecule has 2 atom stereocenters. The minimum atomic E-state index is -0.894. The minimum Gasteiger partial charge on any atom is -0.493 e. The van der Waals surface area contributed by atoms with Crippen molar-refractivity contribution in [3.63, 3.8) is 0 Å². The molecular weight excluding hydrogens is 1220 g/mol. The van der Waals surface area contributed by atoms with Gasteiger partial charge in [0.15, 0.2) is 0 Å². The van der Waals surface area contributed by atoms with Crippen molar-refractivity contribution in [3.8, 4) is 71.4 Å². The fourth-order valence-corrected chi connectivity index (χ4v) is 15.4. The van der Waals surface area contributed by atoms with Crippen molar-refractivity contribution >= 4 is 92.1 Å². The SMILES string of the molecule is CC(C)(C)OC(=O)N[C@@H](Cc1ccccc1)C(=O)OCCCCCCOc1cc(-c2ccc(-c3ccc(-c4cccs4)s3)s2)c(OCCCCCCOC(=O)[C@H](Cc2ccccc2)NC(=O)OC(C)(C)C)cc1-c1ccc(-c2ccc(-c3cccs3)s2)s1. The second-order valence-electron chi connectivity index (χ2n) is 23.1. The van der Waals surface area contributed by atoms with E-state index in [0.717, 1.165) is 82.0 Å². The molecule has 88 heavy (non-hydrogen) atoms. The van der Waals surface area contributed by atoms with Crippen LogP contribution in [0.2, 0.25) is 0 Å². The van der Waals surface area contributed by atoms with Crippen LogP contribution in [0.1, 0.15) is 104 Å². The van der Waals surface area contributed by atoms with E-state index in [1.165, 1.54) is 39.0 Å². The van der Waals surface area contributed by atoms with E-state index >= 15 is 0 Å². The van der Waals surface area contributed by atoms with Crippen LogP contribution in [0.4, 0.5) is 9.59 Å². The van der Waals surface area contributed by atoms with Gasteiger partial charge in [-0.25, -0.2) is 19.2 Å². The Hall–Kier alpha value is -7.06. The number of ether oxygens (including phenoxy) is 6. The average molecular weight is 1300 g/mol. The molecule has 0 aliphatic carbocycles. The maximum absolute atomic E-state index is 13.4. The summed E-state index contributed by atoms with van der Waals surface area (Å²) in [7, 11) is 0. The van der Waals surface area contributed by atoms with E-state index in [-0.39, 0.29) is 26.1 Å². The third kappa shape index (κ3) is 20.0. The highest BCUT2D eigenvalue weighted by Crippen LogP contribution is 2.49. The highest BCUT2D eigenvalue weighted by molar-refractivity contribution is 7.27. The first-order valence-electron chi connectivity index (χ1n) is 29.8. The Balaban J connectivity index is 0.879. The molecule has 0 saturated carbocycles. The minimum absolute atomic E-state index is 0.224. The van der Waals surface area contributed by atoms with Gasteiger partial charge in [-0.15, -0.1) is 68.0 Å². The lowest BCUT2D eigenvalue weighted by Crippen LogP contribution is -2.45. The standard InChI is InChI=1S/C70H76N2O10S6/c1-69(2,3)81-67(75)71-51(43-47-23-13-11-14-24-47)65(73)79-39-19-9-7-17-37-77-53-45-50(56-30-32-62(86-56)64-36-34-60(88-64)58-28-22-42-84-58)54(46-49(53)55-29-31-61(85-55)63-35-33-59(87-63)57-27-21-41-83-57)78-38-18-8-10-20-40-80-66(74)52(44-48-25-15-12-16-26-48)72-68(76)82-70(4,5)6/h11-16,21-36,41-42,45-46,51-52H,7-10,17-20,37-40,43-44H2,1-6H3,(H,71,75)(H,72,76)/t51-,52-/m0/s1. The van der Waals surface area contributed by atoms with Crippen molar-refractivity contribution in [1.29, 1.82) is 0 Å². The first kappa shape index (κ1) is 65.4. The Morgan fingerprint density at radius 1 is 0.386 bits per heavy atom. The third-order valence-corrected chi connectivity index (χ3v) is 20.6. The third-order valence-electron chi connectivity index (χ3n) is 13.6. The molecule has 9 aromatic rings. The molecule has 12 nitrogen and oxygen atoms in total. The summed E-state index contributed by atoms with van der Waals surface area (Å²) in [6, 6.07) is 47.7. The highest BCUT2D eigenvalue weighted by Gasteiger charge is 2.28. The number of thiophene rings is 6. The van der Waals surface area contributed by atoms with E-state index in [2.05, 4.69) is 106 Å². The van der Waals surface area contributed by atoms with Crippen LogP contribution < -0.4 is 20.1 Å². The second kappa shape index (κ2) is 31.9. The zero-order valence-corrected chi connectivity index (χ0v) is 55.5. The van der Waals surface area contributed by atoms with Crippen molar-refractivity contribution in [3.05, 3.63) is 167 Å². The monoisotopic (exact) mass is 1300 g/mol.